The molecule has 4 amide bonds. The summed E-state index contributed by atoms with van der Waals surface area (Å²) in [6, 6.07) is -0.422. The highest BCUT2D eigenvalue weighted by Crippen LogP contribution is 2.29. The van der Waals surface area contributed by atoms with Crippen molar-refractivity contribution in [2.24, 2.45) is 0 Å². The van der Waals surface area contributed by atoms with E-state index in [9.17, 15) is 14.4 Å². The molecule has 0 saturated carbocycles. The molecule has 2 aliphatic rings. The molecular weight excluding hydrogens is 304 g/mol. The largest absolute Gasteiger partial charge is 0.324 e. The summed E-state index contributed by atoms with van der Waals surface area (Å²) in [7, 11) is 0. The fourth-order valence-corrected chi connectivity index (χ4v) is 3.70. The van der Waals surface area contributed by atoms with E-state index in [4.69, 9.17) is 0 Å². The summed E-state index contributed by atoms with van der Waals surface area (Å²) in [4.78, 5) is 41.8. The minimum absolute atomic E-state index is 0.157. The van der Waals surface area contributed by atoms with Crippen molar-refractivity contribution in [3.63, 3.8) is 0 Å². The SMILES string of the molecule is O=C1CCN(CCC(=O)Nc2nc3c(s2)CCCC3)C(=O)N1. The van der Waals surface area contributed by atoms with Crippen LogP contribution in [-0.2, 0) is 22.4 Å². The maximum atomic E-state index is 12.0. The van der Waals surface area contributed by atoms with Crippen LogP contribution in [0.5, 0.6) is 0 Å². The Hall–Kier alpha value is -1.96. The number of hydrogen-bond acceptors (Lipinski definition) is 5. The minimum atomic E-state index is -0.422. The Morgan fingerprint density at radius 3 is 2.86 bits per heavy atom. The predicted octanol–water partition coefficient (Wildman–Crippen LogP) is 1.29. The summed E-state index contributed by atoms with van der Waals surface area (Å²) in [6.45, 7) is 0.666. The van der Waals surface area contributed by atoms with Gasteiger partial charge in [0.1, 0.15) is 0 Å². The van der Waals surface area contributed by atoms with Gasteiger partial charge in [-0.2, -0.15) is 0 Å². The van der Waals surface area contributed by atoms with Gasteiger partial charge in [0.25, 0.3) is 0 Å². The van der Waals surface area contributed by atoms with E-state index in [0.29, 0.717) is 18.2 Å². The van der Waals surface area contributed by atoms with Gasteiger partial charge in [-0.3, -0.25) is 14.9 Å². The number of nitrogens with one attached hydrogen (secondary N) is 2. The molecule has 0 atom stereocenters. The van der Waals surface area contributed by atoms with Gasteiger partial charge in [0.05, 0.1) is 5.69 Å². The molecule has 2 heterocycles. The molecule has 0 unspecified atom stereocenters. The summed E-state index contributed by atoms with van der Waals surface area (Å²) in [6.07, 6.45) is 4.87. The normalized spacial score (nSPS) is 17.9. The number of aryl methyl sites for hydroxylation is 2. The molecule has 2 N–H and O–H groups in total. The Labute approximate surface area is 132 Å². The maximum absolute atomic E-state index is 12.0. The number of amides is 4. The first kappa shape index (κ1) is 15.0. The Morgan fingerprint density at radius 1 is 1.27 bits per heavy atom. The van der Waals surface area contributed by atoms with E-state index < -0.39 is 6.03 Å². The van der Waals surface area contributed by atoms with Crippen LogP contribution in [0.15, 0.2) is 0 Å². The van der Waals surface area contributed by atoms with Crippen LogP contribution < -0.4 is 10.6 Å². The van der Waals surface area contributed by atoms with Crippen molar-refractivity contribution < 1.29 is 14.4 Å². The molecular formula is C14H18N4O3S. The molecule has 0 aromatic carbocycles. The van der Waals surface area contributed by atoms with Gasteiger partial charge in [-0.05, 0) is 25.7 Å². The van der Waals surface area contributed by atoms with Gasteiger partial charge in [-0.15, -0.1) is 11.3 Å². The second kappa shape index (κ2) is 6.43. The second-order valence-corrected chi connectivity index (χ2v) is 6.57. The van der Waals surface area contributed by atoms with Gasteiger partial charge in [0.15, 0.2) is 5.13 Å². The van der Waals surface area contributed by atoms with Crippen molar-refractivity contribution in [2.45, 2.75) is 38.5 Å². The number of anilines is 1. The first-order valence-electron chi connectivity index (χ1n) is 7.49. The number of carbonyl (C=O) groups excluding carboxylic acids is 3. The molecule has 1 aromatic heterocycles. The van der Waals surface area contributed by atoms with E-state index in [1.54, 1.807) is 11.3 Å². The molecule has 7 nitrogen and oxygen atoms in total. The Kier molecular flexibility index (Phi) is 4.37. The molecule has 1 aliphatic heterocycles. The number of thiazole rings is 1. The fourth-order valence-electron chi connectivity index (χ4n) is 2.64. The number of urea groups is 1. The number of fused-ring (bicyclic) bond motifs is 1. The Balaban J connectivity index is 1.49. The lowest BCUT2D eigenvalue weighted by molar-refractivity contribution is -0.121. The Bertz CT molecular complexity index is 590. The van der Waals surface area contributed by atoms with E-state index in [1.807, 2.05) is 0 Å². The molecule has 0 bridgehead atoms. The lowest BCUT2D eigenvalue weighted by atomic mass is 10.0. The van der Waals surface area contributed by atoms with Crippen LogP contribution in [0.3, 0.4) is 0 Å². The molecule has 1 saturated heterocycles. The van der Waals surface area contributed by atoms with Crippen LogP contribution in [-0.4, -0.2) is 40.8 Å². The lowest BCUT2D eigenvalue weighted by Gasteiger charge is -2.26. The van der Waals surface area contributed by atoms with E-state index in [2.05, 4.69) is 15.6 Å². The highest BCUT2D eigenvalue weighted by atomic mass is 32.1. The first-order chi connectivity index (χ1) is 10.6. The van der Waals surface area contributed by atoms with Crippen LogP contribution in [0.2, 0.25) is 0 Å². The number of imide groups is 1. The summed E-state index contributed by atoms with van der Waals surface area (Å²) in [5.74, 6) is -0.421. The highest BCUT2D eigenvalue weighted by molar-refractivity contribution is 7.15. The van der Waals surface area contributed by atoms with Crippen molar-refractivity contribution in [2.75, 3.05) is 18.4 Å². The predicted molar refractivity (Wildman–Crippen MR) is 81.7 cm³/mol. The molecule has 118 valence electrons. The van der Waals surface area contributed by atoms with E-state index >= 15 is 0 Å². The highest BCUT2D eigenvalue weighted by Gasteiger charge is 2.23. The van der Waals surface area contributed by atoms with Gasteiger partial charge in [0, 0.05) is 30.8 Å². The van der Waals surface area contributed by atoms with Gasteiger partial charge in [-0.1, -0.05) is 0 Å². The minimum Gasteiger partial charge on any atom is -0.323 e. The summed E-state index contributed by atoms with van der Waals surface area (Å²) in [5, 5.41) is 5.70. The molecule has 3 rings (SSSR count). The first-order valence-corrected chi connectivity index (χ1v) is 8.30. The van der Waals surface area contributed by atoms with E-state index in [-0.39, 0.29) is 24.7 Å². The van der Waals surface area contributed by atoms with E-state index in [0.717, 1.165) is 25.0 Å². The molecule has 0 radical (unpaired) electrons. The number of nitrogens with zero attached hydrogens (tertiary/aromatic N) is 2. The van der Waals surface area contributed by atoms with Crippen LogP contribution in [0.1, 0.15) is 36.3 Å². The lowest BCUT2D eigenvalue weighted by Crippen LogP contribution is -2.50. The number of aromatic nitrogens is 1. The molecule has 0 spiro atoms. The van der Waals surface area contributed by atoms with Crippen molar-refractivity contribution in [1.82, 2.24) is 15.2 Å². The Morgan fingerprint density at radius 2 is 2.09 bits per heavy atom. The van der Waals surface area contributed by atoms with Crippen molar-refractivity contribution in [3.8, 4) is 0 Å². The molecule has 22 heavy (non-hydrogen) atoms. The molecule has 1 aliphatic carbocycles. The average molecular weight is 322 g/mol. The summed E-state index contributed by atoms with van der Waals surface area (Å²) >= 11 is 1.55. The van der Waals surface area contributed by atoms with Crippen molar-refractivity contribution in [3.05, 3.63) is 10.6 Å². The zero-order valence-electron chi connectivity index (χ0n) is 12.2. The monoisotopic (exact) mass is 322 g/mol. The number of carbonyl (C=O) groups is 3. The molecule has 1 aromatic rings. The van der Waals surface area contributed by atoms with E-state index in [1.165, 1.54) is 16.2 Å². The van der Waals surface area contributed by atoms with Crippen LogP contribution in [0.25, 0.3) is 0 Å². The summed E-state index contributed by atoms with van der Waals surface area (Å²) in [5.41, 5.74) is 1.11. The topological polar surface area (TPSA) is 91.4 Å². The van der Waals surface area contributed by atoms with Gasteiger partial charge < -0.3 is 10.2 Å². The van der Waals surface area contributed by atoms with Gasteiger partial charge in [-0.25, -0.2) is 9.78 Å². The number of rotatable bonds is 4. The molecule has 1 fully saturated rings. The van der Waals surface area contributed by atoms with Crippen LogP contribution in [0, 0.1) is 0 Å². The second-order valence-electron chi connectivity index (χ2n) is 5.48. The smallest absolute Gasteiger partial charge is 0.323 e. The quantitative estimate of drug-likeness (QED) is 0.874. The average Bonchev–Trinajstić information content (AvgIpc) is 2.88. The van der Waals surface area contributed by atoms with Gasteiger partial charge >= 0.3 is 6.03 Å². The molecule has 8 heteroatoms. The van der Waals surface area contributed by atoms with Crippen LogP contribution in [0.4, 0.5) is 9.93 Å². The third-order valence-electron chi connectivity index (χ3n) is 3.84. The zero-order valence-corrected chi connectivity index (χ0v) is 13.0. The standard InChI is InChI=1S/C14H18N4O3S/c19-11(5-7-18-8-6-12(20)17-14(18)21)16-13-15-9-3-1-2-4-10(9)22-13/h1-8H2,(H,15,16,19)(H,17,20,21). The number of hydrogen-bond donors (Lipinski definition) is 2. The zero-order chi connectivity index (χ0) is 15.5. The summed E-state index contributed by atoms with van der Waals surface area (Å²) < 4.78 is 0. The third-order valence-corrected chi connectivity index (χ3v) is 4.92. The van der Waals surface area contributed by atoms with Crippen molar-refractivity contribution >= 4 is 34.3 Å². The third kappa shape index (κ3) is 3.44. The van der Waals surface area contributed by atoms with Crippen LogP contribution >= 0.6 is 11.3 Å². The maximum Gasteiger partial charge on any atom is 0.324 e. The fraction of sp³-hybridized carbons (Fsp3) is 0.571. The van der Waals surface area contributed by atoms with Gasteiger partial charge in [0.2, 0.25) is 11.8 Å². The van der Waals surface area contributed by atoms with Crippen molar-refractivity contribution in [1.29, 1.82) is 0 Å².